The van der Waals surface area contributed by atoms with E-state index in [1.807, 2.05) is 61.7 Å². The number of para-hydroxylation sites is 1. The summed E-state index contributed by atoms with van der Waals surface area (Å²) in [7, 11) is 3.09. The molecule has 1 aromatic heterocycles. The van der Waals surface area contributed by atoms with Crippen molar-refractivity contribution in [3.8, 4) is 40.3 Å². The van der Waals surface area contributed by atoms with Gasteiger partial charge in [-0.15, -0.1) is 0 Å². The molecule has 10 heteroatoms. The second-order valence-corrected chi connectivity index (χ2v) is 11.0. The second kappa shape index (κ2) is 14.2. The lowest BCUT2D eigenvalue weighted by Gasteiger charge is -2.27. The Bertz CT molecular complexity index is 1890. The number of aromatic nitrogens is 2. The van der Waals surface area contributed by atoms with E-state index < -0.39 is 11.8 Å². The fraction of sp³-hybridized carbons (Fsp3) is 0.222. The van der Waals surface area contributed by atoms with E-state index in [1.165, 1.54) is 0 Å². The van der Waals surface area contributed by atoms with Gasteiger partial charge in [-0.3, -0.25) is 14.5 Å². The van der Waals surface area contributed by atoms with E-state index in [1.54, 1.807) is 56.2 Å². The minimum atomic E-state index is -0.628. The molecule has 1 aliphatic rings. The number of nitriles is 1. The molecule has 0 aliphatic carbocycles. The van der Waals surface area contributed by atoms with Gasteiger partial charge in [0.2, 0.25) is 0 Å². The molecule has 0 bridgehead atoms. The molecule has 0 spiro atoms. The fourth-order valence-corrected chi connectivity index (χ4v) is 5.41. The van der Waals surface area contributed by atoms with Crippen LogP contribution in [-0.2, 0) is 16.0 Å². The van der Waals surface area contributed by atoms with Crippen LogP contribution < -0.4 is 14.2 Å². The van der Waals surface area contributed by atoms with Crippen LogP contribution >= 0.6 is 11.6 Å². The standard InChI is InChI=1S/C36H33ClN4O5/c1-5-17-46-31-14-12-25(20-30(31)37)34-26(22-41(39-34)27-9-7-6-8-10-27)19-28-23(2)29(21-38)36(43)40(35(28)42)16-15-24-11-13-32(44-3)33(18-24)45-4/h6-14,18-20,22H,5,15-17H2,1-4H3/b28-19+. The van der Waals surface area contributed by atoms with Crippen LogP contribution in [0.15, 0.2) is 89.6 Å². The minimum Gasteiger partial charge on any atom is -0.493 e. The van der Waals surface area contributed by atoms with Crippen molar-refractivity contribution in [2.45, 2.75) is 26.7 Å². The van der Waals surface area contributed by atoms with Gasteiger partial charge in [0.25, 0.3) is 11.8 Å². The van der Waals surface area contributed by atoms with Crippen LogP contribution in [0.4, 0.5) is 0 Å². The van der Waals surface area contributed by atoms with Crippen LogP contribution in [0.5, 0.6) is 17.2 Å². The van der Waals surface area contributed by atoms with Crippen LogP contribution in [0.25, 0.3) is 23.0 Å². The monoisotopic (exact) mass is 636 g/mol. The van der Waals surface area contributed by atoms with Crippen molar-refractivity contribution in [3.63, 3.8) is 0 Å². The molecule has 46 heavy (non-hydrogen) atoms. The Morgan fingerprint density at radius 2 is 1.70 bits per heavy atom. The molecule has 234 valence electrons. The predicted octanol–water partition coefficient (Wildman–Crippen LogP) is 6.83. The average Bonchev–Trinajstić information content (AvgIpc) is 3.50. The van der Waals surface area contributed by atoms with Gasteiger partial charge in [-0.2, -0.15) is 10.4 Å². The maximum Gasteiger partial charge on any atom is 0.271 e. The predicted molar refractivity (Wildman–Crippen MR) is 176 cm³/mol. The Morgan fingerprint density at radius 1 is 0.957 bits per heavy atom. The van der Waals surface area contributed by atoms with Crippen LogP contribution in [0.3, 0.4) is 0 Å². The summed E-state index contributed by atoms with van der Waals surface area (Å²) in [6.07, 6.45) is 4.69. The van der Waals surface area contributed by atoms with E-state index in [9.17, 15) is 14.9 Å². The number of halogens is 1. The Labute approximate surface area is 272 Å². The van der Waals surface area contributed by atoms with Gasteiger partial charge in [-0.05, 0) is 79.4 Å². The van der Waals surface area contributed by atoms with E-state index in [2.05, 4.69) is 0 Å². The third-order valence-corrected chi connectivity index (χ3v) is 7.92. The largest absolute Gasteiger partial charge is 0.493 e. The van der Waals surface area contributed by atoms with E-state index in [-0.39, 0.29) is 17.7 Å². The molecule has 0 saturated carbocycles. The Morgan fingerprint density at radius 3 is 2.37 bits per heavy atom. The molecule has 0 fully saturated rings. The van der Waals surface area contributed by atoms with E-state index in [0.717, 1.165) is 22.6 Å². The van der Waals surface area contributed by atoms with Crippen molar-refractivity contribution < 1.29 is 23.8 Å². The Balaban J connectivity index is 1.56. The maximum atomic E-state index is 14.0. The first-order chi connectivity index (χ1) is 22.3. The van der Waals surface area contributed by atoms with Crippen molar-refractivity contribution in [3.05, 3.63) is 106 Å². The molecule has 0 atom stereocenters. The fourth-order valence-electron chi connectivity index (χ4n) is 5.17. The zero-order valence-corrected chi connectivity index (χ0v) is 26.8. The molecule has 2 heterocycles. The van der Waals surface area contributed by atoms with Gasteiger partial charge in [0, 0.05) is 29.4 Å². The summed E-state index contributed by atoms with van der Waals surface area (Å²) in [6.45, 7) is 4.23. The van der Waals surface area contributed by atoms with Crippen LogP contribution in [0.2, 0.25) is 5.02 Å². The number of nitrogens with zero attached hydrogens (tertiary/aromatic N) is 4. The molecular formula is C36H33ClN4O5. The first-order valence-corrected chi connectivity index (χ1v) is 15.1. The number of ether oxygens (including phenoxy) is 3. The van der Waals surface area contributed by atoms with Gasteiger partial charge in [-0.25, -0.2) is 4.68 Å². The zero-order valence-electron chi connectivity index (χ0n) is 26.0. The Hall–Kier alpha value is -5.33. The number of rotatable bonds is 11. The molecule has 2 amide bonds. The molecule has 4 aromatic rings. The lowest BCUT2D eigenvalue weighted by atomic mass is 9.93. The number of carbonyl (C=O) groups excluding carboxylic acids is 2. The van der Waals surface area contributed by atoms with Crippen LogP contribution in [0.1, 0.15) is 31.4 Å². The molecule has 0 unspecified atom stereocenters. The maximum absolute atomic E-state index is 14.0. The molecule has 1 aliphatic heterocycles. The number of carbonyl (C=O) groups is 2. The molecule has 0 N–H and O–H groups in total. The quantitative estimate of drug-likeness (QED) is 0.131. The highest BCUT2D eigenvalue weighted by Gasteiger charge is 2.35. The highest BCUT2D eigenvalue weighted by Crippen LogP contribution is 2.35. The number of amides is 2. The molecule has 3 aromatic carbocycles. The van der Waals surface area contributed by atoms with E-state index in [0.29, 0.717) is 57.7 Å². The summed E-state index contributed by atoms with van der Waals surface area (Å²) >= 11 is 6.59. The second-order valence-electron chi connectivity index (χ2n) is 10.6. The first kappa shape index (κ1) is 32.1. The van der Waals surface area contributed by atoms with Gasteiger partial charge in [0.1, 0.15) is 23.1 Å². The van der Waals surface area contributed by atoms with E-state index >= 15 is 0 Å². The summed E-state index contributed by atoms with van der Waals surface area (Å²) in [4.78, 5) is 28.4. The van der Waals surface area contributed by atoms with Crippen molar-refractivity contribution in [1.29, 1.82) is 5.26 Å². The van der Waals surface area contributed by atoms with Crippen LogP contribution in [0, 0.1) is 11.3 Å². The van der Waals surface area contributed by atoms with Gasteiger partial charge in [0.05, 0.1) is 31.5 Å². The van der Waals surface area contributed by atoms with Crippen molar-refractivity contribution >= 4 is 29.5 Å². The molecule has 0 radical (unpaired) electrons. The number of benzene rings is 3. The molecular weight excluding hydrogens is 604 g/mol. The lowest BCUT2D eigenvalue weighted by molar-refractivity contribution is -0.140. The third kappa shape index (κ3) is 6.53. The lowest BCUT2D eigenvalue weighted by Crippen LogP contribution is -2.43. The SMILES string of the molecule is CCCOc1ccc(-c2nn(-c3ccccc3)cc2/C=C2/C(=O)N(CCc3ccc(OC)c(OC)c3)C(=O)C(C#N)=C2C)cc1Cl. The number of methoxy groups -OCH3 is 2. The Kier molecular flexibility index (Phi) is 9.89. The molecule has 9 nitrogen and oxygen atoms in total. The minimum absolute atomic E-state index is 0.0634. The molecule has 0 saturated heterocycles. The summed E-state index contributed by atoms with van der Waals surface area (Å²) in [6, 6.07) is 22.4. The number of hydrogen-bond donors (Lipinski definition) is 0. The number of hydrogen-bond acceptors (Lipinski definition) is 7. The van der Waals surface area contributed by atoms with Gasteiger partial charge in [0.15, 0.2) is 11.5 Å². The summed E-state index contributed by atoms with van der Waals surface area (Å²) in [5, 5.41) is 15.3. The highest BCUT2D eigenvalue weighted by molar-refractivity contribution is 6.32. The first-order valence-electron chi connectivity index (χ1n) is 14.8. The van der Waals surface area contributed by atoms with E-state index in [4.69, 9.17) is 30.9 Å². The van der Waals surface area contributed by atoms with Gasteiger partial charge in [-0.1, -0.05) is 42.8 Å². The van der Waals surface area contributed by atoms with Crippen molar-refractivity contribution in [2.75, 3.05) is 27.4 Å². The average molecular weight is 637 g/mol. The number of imide groups is 1. The zero-order chi connectivity index (χ0) is 32.8. The third-order valence-electron chi connectivity index (χ3n) is 7.63. The van der Waals surface area contributed by atoms with Crippen molar-refractivity contribution in [2.24, 2.45) is 0 Å². The topological polar surface area (TPSA) is 107 Å². The van der Waals surface area contributed by atoms with Gasteiger partial charge < -0.3 is 14.2 Å². The van der Waals surface area contributed by atoms with Crippen molar-refractivity contribution in [1.82, 2.24) is 14.7 Å². The normalized spacial score (nSPS) is 14.1. The summed E-state index contributed by atoms with van der Waals surface area (Å²) in [5.74, 6) is 0.554. The smallest absolute Gasteiger partial charge is 0.271 e. The van der Waals surface area contributed by atoms with Crippen LogP contribution in [-0.4, -0.2) is 53.9 Å². The highest BCUT2D eigenvalue weighted by atomic mass is 35.5. The molecule has 5 rings (SSSR count). The summed E-state index contributed by atoms with van der Waals surface area (Å²) in [5.41, 5.74) is 3.98. The summed E-state index contributed by atoms with van der Waals surface area (Å²) < 4.78 is 18.2. The van der Waals surface area contributed by atoms with Gasteiger partial charge >= 0.3 is 0 Å².